The van der Waals surface area contributed by atoms with Gasteiger partial charge in [0, 0.05) is 5.54 Å². The maximum absolute atomic E-state index is 12.3. The minimum absolute atomic E-state index is 0.0323. The van der Waals surface area contributed by atoms with Gasteiger partial charge in [0.25, 0.3) is 0 Å². The van der Waals surface area contributed by atoms with Crippen LogP contribution in [0, 0.1) is 0 Å². The summed E-state index contributed by atoms with van der Waals surface area (Å²) in [7, 11) is -3.33. The van der Waals surface area contributed by atoms with Crippen molar-refractivity contribution in [1.29, 1.82) is 0 Å². The molecule has 7 nitrogen and oxygen atoms in total. The molecular formula is C14H27Cl2NO6S. The number of sulfone groups is 1. The van der Waals surface area contributed by atoms with Gasteiger partial charge < -0.3 is 18.9 Å². The van der Waals surface area contributed by atoms with Crippen LogP contribution in [0.25, 0.3) is 0 Å². The smallest absolute Gasteiger partial charge is 0.153 e. The second kappa shape index (κ2) is 11.1. The third kappa shape index (κ3) is 9.72. The molecule has 0 aromatic carbocycles. The van der Waals surface area contributed by atoms with Crippen molar-refractivity contribution in [2.24, 2.45) is 0 Å². The number of ether oxygens (including phenoxy) is 4. The van der Waals surface area contributed by atoms with Gasteiger partial charge in [-0.25, -0.2) is 8.42 Å². The number of halogens is 2. The average molecular weight is 408 g/mol. The molecule has 0 bridgehead atoms. The molecule has 0 N–H and O–H groups in total. The molecule has 1 saturated heterocycles. The zero-order chi connectivity index (χ0) is 18.1. The van der Waals surface area contributed by atoms with Gasteiger partial charge in [0.05, 0.1) is 63.9 Å². The summed E-state index contributed by atoms with van der Waals surface area (Å²) in [6.45, 7) is 6.27. The maximum atomic E-state index is 12.3. The van der Waals surface area contributed by atoms with Crippen LogP contribution in [0.1, 0.15) is 20.3 Å². The van der Waals surface area contributed by atoms with Gasteiger partial charge in [0.1, 0.15) is 0 Å². The Labute approximate surface area is 154 Å². The van der Waals surface area contributed by atoms with Crippen molar-refractivity contribution in [3.63, 3.8) is 0 Å². The molecule has 0 spiro atoms. The lowest BCUT2D eigenvalue weighted by Gasteiger charge is -2.27. The van der Waals surface area contributed by atoms with Gasteiger partial charge in [0.2, 0.25) is 0 Å². The molecule has 1 fully saturated rings. The van der Waals surface area contributed by atoms with Gasteiger partial charge in [-0.15, -0.1) is 3.94 Å². The Morgan fingerprint density at radius 3 is 2.12 bits per heavy atom. The summed E-state index contributed by atoms with van der Waals surface area (Å²) >= 11 is 11.5. The molecule has 1 rings (SSSR count). The summed E-state index contributed by atoms with van der Waals surface area (Å²) in [4.78, 5) is 0. The predicted molar refractivity (Wildman–Crippen MR) is 93.1 cm³/mol. The Bertz CT molecular complexity index is 435. The summed E-state index contributed by atoms with van der Waals surface area (Å²) < 4.78 is 47.3. The Morgan fingerprint density at radius 2 is 1.54 bits per heavy atom. The monoisotopic (exact) mass is 407 g/mol. The minimum Gasteiger partial charge on any atom is -0.377 e. The highest BCUT2D eigenvalue weighted by molar-refractivity contribution is 7.91. The first-order valence-electron chi connectivity index (χ1n) is 7.90. The molecule has 1 aliphatic rings. The van der Waals surface area contributed by atoms with Crippen molar-refractivity contribution in [3.8, 4) is 0 Å². The van der Waals surface area contributed by atoms with Crippen LogP contribution in [0.4, 0.5) is 0 Å². The fraction of sp³-hybridized carbons (Fsp3) is 1.00. The van der Waals surface area contributed by atoms with Gasteiger partial charge in [0.15, 0.2) is 9.84 Å². The fourth-order valence-corrected chi connectivity index (χ4v) is 3.83. The van der Waals surface area contributed by atoms with E-state index in [0.29, 0.717) is 46.1 Å². The Kier molecular flexibility index (Phi) is 10.4. The number of rotatable bonds is 6. The summed E-state index contributed by atoms with van der Waals surface area (Å²) in [5.74, 6) is -0.149. The molecule has 0 amide bonds. The summed E-state index contributed by atoms with van der Waals surface area (Å²) in [6.07, 6.45) is -0.225. The third-order valence-corrected chi connectivity index (χ3v) is 6.17. The van der Waals surface area contributed by atoms with Crippen molar-refractivity contribution < 1.29 is 27.4 Å². The van der Waals surface area contributed by atoms with Crippen LogP contribution in [-0.2, 0) is 28.8 Å². The second-order valence-electron chi connectivity index (χ2n) is 6.20. The van der Waals surface area contributed by atoms with Gasteiger partial charge >= 0.3 is 0 Å². The molecule has 1 aliphatic heterocycles. The van der Waals surface area contributed by atoms with Crippen molar-refractivity contribution in [3.05, 3.63) is 0 Å². The van der Waals surface area contributed by atoms with Crippen molar-refractivity contribution in [2.75, 3.05) is 57.8 Å². The Hall–Kier alpha value is 0.330. The normalized spacial score (nSPS) is 22.8. The van der Waals surface area contributed by atoms with Crippen LogP contribution >= 0.6 is 23.6 Å². The summed E-state index contributed by atoms with van der Waals surface area (Å²) in [5, 5.41) is 0. The molecule has 144 valence electrons. The first-order valence-corrected chi connectivity index (χ1v) is 10.4. The minimum atomic E-state index is -3.33. The van der Waals surface area contributed by atoms with E-state index in [2.05, 4.69) is 0 Å². The van der Waals surface area contributed by atoms with E-state index in [9.17, 15) is 8.42 Å². The zero-order valence-corrected chi connectivity index (χ0v) is 16.5. The van der Waals surface area contributed by atoms with E-state index < -0.39 is 21.5 Å². The molecule has 24 heavy (non-hydrogen) atoms. The molecule has 0 aromatic rings. The van der Waals surface area contributed by atoms with Gasteiger partial charge in [-0.1, -0.05) is 0 Å². The quantitative estimate of drug-likeness (QED) is 0.619. The van der Waals surface area contributed by atoms with Crippen molar-refractivity contribution >= 4 is 33.4 Å². The van der Waals surface area contributed by atoms with E-state index in [1.807, 2.05) is 0 Å². The van der Waals surface area contributed by atoms with Crippen molar-refractivity contribution in [2.45, 2.75) is 31.9 Å². The van der Waals surface area contributed by atoms with Crippen LogP contribution in [-0.4, -0.2) is 81.8 Å². The molecule has 10 heteroatoms. The van der Waals surface area contributed by atoms with E-state index in [-0.39, 0.29) is 18.1 Å². The number of hydrogen-bond donors (Lipinski definition) is 0. The van der Waals surface area contributed by atoms with E-state index in [1.54, 1.807) is 13.8 Å². The molecule has 0 saturated carbocycles. The molecular weight excluding hydrogens is 381 g/mol. The first-order chi connectivity index (χ1) is 11.2. The maximum Gasteiger partial charge on any atom is 0.153 e. The molecule has 1 heterocycles. The molecule has 0 aromatic heterocycles. The molecule has 1 unspecified atom stereocenters. The zero-order valence-electron chi connectivity index (χ0n) is 14.2. The lowest BCUT2D eigenvalue weighted by atomic mass is 10.0. The fourth-order valence-electron chi connectivity index (χ4n) is 1.93. The molecule has 0 aliphatic carbocycles. The van der Waals surface area contributed by atoms with Crippen LogP contribution in [0.2, 0.25) is 0 Å². The largest absolute Gasteiger partial charge is 0.377 e. The standard InChI is InChI=1S/C14H27Cl2NO6S/c1-14(2,17(15)16)3-10-24(18,19)12-13-11-22-7-6-20-4-5-21-8-9-23-13/h13H,3-12H2,1-2H3. The highest BCUT2D eigenvalue weighted by atomic mass is 35.5. The first kappa shape index (κ1) is 22.4. The number of nitrogens with zero attached hydrogens (tertiary/aromatic N) is 1. The predicted octanol–water partition coefficient (Wildman–Crippen LogP) is 1.63. The average Bonchev–Trinajstić information content (AvgIpc) is 2.48. The number of hydrogen-bond acceptors (Lipinski definition) is 7. The second-order valence-corrected chi connectivity index (χ2v) is 9.28. The lowest BCUT2D eigenvalue weighted by Crippen LogP contribution is -2.36. The third-order valence-electron chi connectivity index (χ3n) is 3.55. The SMILES string of the molecule is CC(C)(CCS(=O)(=O)CC1COCCOCCOCCO1)N(Cl)Cl. The Morgan fingerprint density at radius 1 is 1.00 bits per heavy atom. The van der Waals surface area contributed by atoms with E-state index in [1.165, 1.54) is 0 Å². The lowest BCUT2D eigenvalue weighted by molar-refractivity contribution is -0.0597. The van der Waals surface area contributed by atoms with E-state index in [4.69, 9.17) is 42.5 Å². The van der Waals surface area contributed by atoms with Gasteiger partial charge in [-0.3, -0.25) is 0 Å². The molecule has 0 radical (unpaired) electrons. The Balaban J connectivity index is 2.51. The van der Waals surface area contributed by atoms with Crippen LogP contribution < -0.4 is 0 Å². The highest BCUT2D eigenvalue weighted by Crippen LogP contribution is 2.24. The molecule has 1 atom stereocenters. The van der Waals surface area contributed by atoms with Crippen molar-refractivity contribution in [1.82, 2.24) is 3.94 Å². The van der Waals surface area contributed by atoms with E-state index in [0.717, 1.165) is 3.94 Å². The highest BCUT2D eigenvalue weighted by Gasteiger charge is 2.28. The van der Waals surface area contributed by atoms with Crippen LogP contribution in [0.3, 0.4) is 0 Å². The summed E-state index contributed by atoms with van der Waals surface area (Å²) in [6, 6.07) is 0. The van der Waals surface area contributed by atoms with E-state index >= 15 is 0 Å². The van der Waals surface area contributed by atoms with Gasteiger partial charge in [-0.2, -0.15) is 0 Å². The van der Waals surface area contributed by atoms with Crippen LogP contribution in [0.15, 0.2) is 0 Å². The summed E-state index contributed by atoms with van der Waals surface area (Å²) in [5.41, 5.74) is -0.634. The van der Waals surface area contributed by atoms with Crippen LogP contribution in [0.5, 0.6) is 0 Å². The van der Waals surface area contributed by atoms with Gasteiger partial charge in [-0.05, 0) is 43.8 Å². The topological polar surface area (TPSA) is 74.3 Å².